The van der Waals surface area contributed by atoms with E-state index >= 15 is 0 Å². The number of carbonyl (C=O) groups is 1. The second-order valence-corrected chi connectivity index (χ2v) is 4.15. The summed E-state index contributed by atoms with van der Waals surface area (Å²) in [6.45, 7) is 1.89. The minimum Gasteiger partial charge on any atom is -0.325 e. The van der Waals surface area contributed by atoms with Gasteiger partial charge in [0, 0.05) is 5.56 Å². The molecule has 1 aliphatic carbocycles. The monoisotopic (exact) mass is 191 g/mol. The van der Waals surface area contributed by atoms with Crippen molar-refractivity contribution in [2.24, 2.45) is 0 Å². The number of carbonyl (C=O) groups excluding carboxylic acids is 1. The van der Waals surface area contributed by atoms with Crippen molar-refractivity contribution in [1.82, 2.24) is 0 Å². The van der Waals surface area contributed by atoms with E-state index in [1.807, 2.05) is 6.92 Å². The zero-order valence-electron chi connectivity index (χ0n) is 7.86. The van der Waals surface area contributed by atoms with Gasteiger partial charge in [0.2, 0.25) is 5.91 Å². The molecule has 1 aliphatic heterocycles. The number of hydrogen-bond donors (Lipinski definition) is 1. The van der Waals surface area contributed by atoms with E-state index in [0.717, 1.165) is 18.4 Å². The molecule has 1 aromatic rings. The molecule has 1 N–H and O–H groups in total. The lowest BCUT2D eigenvalue weighted by atomic mass is 9.95. The Morgan fingerprint density at radius 3 is 2.79 bits per heavy atom. The van der Waals surface area contributed by atoms with Crippen LogP contribution in [-0.2, 0) is 10.2 Å². The molecule has 1 fully saturated rings. The highest BCUT2D eigenvalue weighted by Crippen LogP contribution is 2.56. The van der Waals surface area contributed by atoms with E-state index in [1.165, 1.54) is 6.07 Å². The average molecular weight is 191 g/mol. The number of anilines is 1. The summed E-state index contributed by atoms with van der Waals surface area (Å²) in [4.78, 5) is 11.6. The molecule has 2 aliphatic rings. The third-order valence-electron chi connectivity index (χ3n) is 3.26. The zero-order chi connectivity index (χ0) is 9.92. The number of amides is 1. The predicted molar refractivity (Wildman–Crippen MR) is 50.7 cm³/mol. The van der Waals surface area contributed by atoms with Gasteiger partial charge in [-0.2, -0.15) is 0 Å². The summed E-state index contributed by atoms with van der Waals surface area (Å²) in [5, 5.41) is 2.78. The van der Waals surface area contributed by atoms with Crippen molar-refractivity contribution in [3.63, 3.8) is 0 Å². The molecule has 0 bridgehead atoms. The van der Waals surface area contributed by atoms with Crippen molar-refractivity contribution in [2.45, 2.75) is 25.2 Å². The number of nitrogens with one attached hydrogen (secondary N) is 1. The molecule has 72 valence electrons. The molecule has 0 radical (unpaired) electrons. The Hall–Kier alpha value is -1.38. The minimum atomic E-state index is -0.508. The van der Waals surface area contributed by atoms with E-state index in [-0.39, 0.29) is 11.7 Å². The third kappa shape index (κ3) is 0.733. The van der Waals surface area contributed by atoms with Crippen LogP contribution in [0.25, 0.3) is 0 Å². The van der Waals surface area contributed by atoms with Gasteiger partial charge in [0.15, 0.2) is 0 Å². The van der Waals surface area contributed by atoms with Crippen LogP contribution in [0.4, 0.5) is 10.1 Å². The summed E-state index contributed by atoms with van der Waals surface area (Å²) in [6, 6.07) is 3.16. The first kappa shape index (κ1) is 7.97. The highest BCUT2D eigenvalue weighted by atomic mass is 19.1. The molecule has 1 heterocycles. The first-order valence-corrected chi connectivity index (χ1v) is 4.76. The van der Waals surface area contributed by atoms with Crippen molar-refractivity contribution >= 4 is 11.6 Å². The van der Waals surface area contributed by atoms with Crippen molar-refractivity contribution in [1.29, 1.82) is 0 Å². The Kier molecular flexibility index (Phi) is 1.23. The van der Waals surface area contributed by atoms with Crippen LogP contribution >= 0.6 is 0 Å². The van der Waals surface area contributed by atoms with E-state index in [4.69, 9.17) is 0 Å². The van der Waals surface area contributed by atoms with Crippen LogP contribution in [0.15, 0.2) is 12.1 Å². The van der Waals surface area contributed by atoms with Crippen molar-refractivity contribution in [3.05, 3.63) is 29.1 Å². The Morgan fingerprint density at radius 2 is 2.14 bits per heavy atom. The second-order valence-electron chi connectivity index (χ2n) is 4.15. The summed E-state index contributed by atoms with van der Waals surface area (Å²) in [7, 11) is 0. The smallest absolute Gasteiger partial charge is 0.235 e. The van der Waals surface area contributed by atoms with Gasteiger partial charge < -0.3 is 5.32 Å². The van der Waals surface area contributed by atoms with E-state index in [9.17, 15) is 9.18 Å². The molecular weight excluding hydrogens is 181 g/mol. The number of aryl methyl sites for hydroxylation is 1. The Balaban J connectivity index is 2.32. The van der Waals surface area contributed by atoms with Gasteiger partial charge >= 0.3 is 0 Å². The van der Waals surface area contributed by atoms with E-state index in [0.29, 0.717) is 11.3 Å². The first-order chi connectivity index (χ1) is 6.65. The van der Waals surface area contributed by atoms with Gasteiger partial charge in [-0.25, -0.2) is 4.39 Å². The number of fused-ring (bicyclic) bond motifs is 2. The highest BCUT2D eigenvalue weighted by Gasteiger charge is 2.57. The zero-order valence-corrected chi connectivity index (χ0v) is 7.86. The SMILES string of the molecule is Cc1ccc(F)c2c1NC(=O)C21CC1. The topological polar surface area (TPSA) is 29.1 Å². The summed E-state index contributed by atoms with van der Waals surface area (Å²) in [6.07, 6.45) is 1.57. The number of benzene rings is 1. The fourth-order valence-electron chi connectivity index (χ4n) is 2.26. The molecule has 3 heteroatoms. The van der Waals surface area contributed by atoms with E-state index in [2.05, 4.69) is 5.32 Å². The lowest BCUT2D eigenvalue weighted by molar-refractivity contribution is -0.117. The molecule has 0 unspecified atom stereocenters. The van der Waals surface area contributed by atoms with Crippen LogP contribution in [0.1, 0.15) is 24.0 Å². The van der Waals surface area contributed by atoms with Gasteiger partial charge in [0.25, 0.3) is 0 Å². The molecule has 0 aromatic heterocycles. The quantitative estimate of drug-likeness (QED) is 0.668. The molecule has 1 aromatic carbocycles. The highest BCUT2D eigenvalue weighted by molar-refractivity contribution is 6.09. The molecule has 14 heavy (non-hydrogen) atoms. The largest absolute Gasteiger partial charge is 0.325 e. The fraction of sp³-hybridized carbons (Fsp3) is 0.364. The molecule has 3 rings (SSSR count). The van der Waals surface area contributed by atoms with Crippen molar-refractivity contribution < 1.29 is 9.18 Å². The summed E-state index contributed by atoms with van der Waals surface area (Å²) >= 11 is 0. The molecule has 1 amide bonds. The molecule has 1 spiro atoms. The Labute approximate surface area is 81.1 Å². The van der Waals surface area contributed by atoms with Gasteiger partial charge in [-0.1, -0.05) is 6.07 Å². The number of halogens is 1. The average Bonchev–Trinajstić information content (AvgIpc) is 2.86. The lowest BCUT2D eigenvalue weighted by Gasteiger charge is -2.06. The van der Waals surface area contributed by atoms with E-state index in [1.54, 1.807) is 6.07 Å². The molecular formula is C11H10FNO. The number of hydrogen-bond acceptors (Lipinski definition) is 1. The first-order valence-electron chi connectivity index (χ1n) is 4.76. The summed E-state index contributed by atoms with van der Waals surface area (Å²) in [5.74, 6) is -0.276. The maximum atomic E-state index is 13.6. The molecule has 0 saturated heterocycles. The van der Waals surface area contributed by atoms with Gasteiger partial charge in [-0.3, -0.25) is 4.79 Å². The van der Waals surface area contributed by atoms with Gasteiger partial charge in [-0.15, -0.1) is 0 Å². The van der Waals surface area contributed by atoms with Crippen LogP contribution in [0.2, 0.25) is 0 Å². The van der Waals surface area contributed by atoms with Crippen molar-refractivity contribution in [2.75, 3.05) is 5.32 Å². The van der Waals surface area contributed by atoms with Crippen LogP contribution in [0.3, 0.4) is 0 Å². The standard InChI is InChI=1S/C11H10FNO/c1-6-2-3-7(12)8-9(6)13-10(14)11(8)4-5-11/h2-3H,4-5H2,1H3,(H,13,14). The maximum Gasteiger partial charge on any atom is 0.235 e. The van der Waals surface area contributed by atoms with Gasteiger partial charge in [-0.05, 0) is 31.4 Å². The summed E-state index contributed by atoms with van der Waals surface area (Å²) in [5.41, 5.74) is 1.74. The molecule has 2 nitrogen and oxygen atoms in total. The fourth-order valence-corrected chi connectivity index (χ4v) is 2.26. The predicted octanol–water partition coefficient (Wildman–Crippen LogP) is 2.12. The van der Waals surface area contributed by atoms with Gasteiger partial charge in [0.05, 0.1) is 11.1 Å². The van der Waals surface area contributed by atoms with Crippen LogP contribution < -0.4 is 5.32 Å². The van der Waals surface area contributed by atoms with Crippen LogP contribution in [0.5, 0.6) is 0 Å². The maximum absolute atomic E-state index is 13.6. The van der Waals surface area contributed by atoms with Crippen LogP contribution in [-0.4, -0.2) is 5.91 Å². The molecule has 0 atom stereocenters. The normalized spacial score (nSPS) is 20.9. The van der Waals surface area contributed by atoms with Crippen molar-refractivity contribution in [3.8, 4) is 0 Å². The number of rotatable bonds is 0. The Bertz CT molecular complexity index is 449. The lowest BCUT2D eigenvalue weighted by Crippen LogP contribution is -2.19. The minimum absolute atomic E-state index is 0.0271. The second kappa shape index (κ2) is 2.16. The van der Waals surface area contributed by atoms with Gasteiger partial charge in [0.1, 0.15) is 5.82 Å². The Morgan fingerprint density at radius 1 is 1.43 bits per heavy atom. The van der Waals surface area contributed by atoms with Crippen LogP contribution in [0, 0.1) is 12.7 Å². The van der Waals surface area contributed by atoms with E-state index < -0.39 is 5.41 Å². The molecule has 1 saturated carbocycles. The summed E-state index contributed by atoms with van der Waals surface area (Å²) < 4.78 is 13.6. The third-order valence-corrected chi connectivity index (χ3v) is 3.26.